The number of rotatable bonds is 2. The standard InChI is InChI=1S/C32H50N2/c1-20-9-8-13-28-31(20)26-19-22(15-17-27(26)33-28)24-16-18-30-32(21(24)2)25-12-6-7-14-29(25)34(30)23-10-4-3-5-11-23/h3-4,10,20-22,24-33H,5-9,11-19H2,1-2H3. The molecule has 7 aliphatic rings. The molecule has 7 rings (SSSR count). The maximum absolute atomic E-state index is 4.16. The van der Waals surface area contributed by atoms with Crippen molar-refractivity contribution in [3.8, 4) is 0 Å². The van der Waals surface area contributed by atoms with Crippen LogP contribution >= 0.6 is 0 Å². The van der Waals surface area contributed by atoms with Crippen molar-refractivity contribution in [1.29, 1.82) is 0 Å². The molecule has 6 fully saturated rings. The lowest BCUT2D eigenvalue weighted by molar-refractivity contribution is 0.0281. The summed E-state index contributed by atoms with van der Waals surface area (Å²) >= 11 is 0. The molecular formula is C32H50N2. The summed E-state index contributed by atoms with van der Waals surface area (Å²) in [4.78, 5) is 3.04. The molecule has 5 aliphatic carbocycles. The molecule has 2 heteroatoms. The third kappa shape index (κ3) is 3.51. The minimum atomic E-state index is 0.851. The molecule has 0 amide bonds. The fourth-order valence-electron chi connectivity index (χ4n) is 11.4. The Labute approximate surface area is 209 Å². The molecule has 4 saturated carbocycles. The van der Waals surface area contributed by atoms with Gasteiger partial charge in [0.25, 0.3) is 0 Å². The van der Waals surface area contributed by atoms with Crippen LogP contribution in [0.2, 0.25) is 0 Å². The molecule has 34 heavy (non-hydrogen) atoms. The normalized spacial score (nSPS) is 52.4. The zero-order valence-electron chi connectivity index (χ0n) is 22.0. The Balaban J connectivity index is 1.12. The monoisotopic (exact) mass is 462 g/mol. The molecular weight excluding hydrogens is 412 g/mol. The van der Waals surface area contributed by atoms with Crippen molar-refractivity contribution in [3.05, 3.63) is 23.9 Å². The maximum Gasteiger partial charge on any atom is 0.0324 e. The number of nitrogens with one attached hydrogen (secondary N) is 1. The summed E-state index contributed by atoms with van der Waals surface area (Å²) in [5.74, 6) is 7.84. The first kappa shape index (κ1) is 22.4. The molecule has 0 bridgehead atoms. The lowest BCUT2D eigenvalue weighted by Gasteiger charge is -2.48. The van der Waals surface area contributed by atoms with Gasteiger partial charge in [-0.25, -0.2) is 0 Å². The number of allylic oxidation sites excluding steroid dienone is 4. The maximum atomic E-state index is 4.16. The fourth-order valence-corrected chi connectivity index (χ4v) is 11.4. The zero-order valence-corrected chi connectivity index (χ0v) is 22.0. The molecule has 12 unspecified atom stereocenters. The lowest BCUT2D eigenvalue weighted by atomic mass is 9.57. The van der Waals surface area contributed by atoms with Gasteiger partial charge in [0.1, 0.15) is 0 Å². The zero-order chi connectivity index (χ0) is 22.8. The van der Waals surface area contributed by atoms with Crippen LogP contribution in [0.5, 0.6) is 0 Å². The molecule has 12 atom stereocenters. The number of hydrogen-bond donors (Lipinski definition) is 1. The molecule has 2 nitrogen and oxygen atoms in total. The summed E-state index contributed by atoms with van der Waals surface area (Å²) < 4.78 is 0. The second kappa shape index (κ2) is 8.97. The van der Waals surface area contributed by atoms with Crippen LogP contribution in [0, 0.1) is 47.3 Å². The van der Waals surface area contributed by atoms with Crippen LogP contribution in [0.3, 0.4) is 0 Å². The van der Waals surface area contributed by atoms with E-state index in [-0.39, 0.29) is 0 Å². The quantitative estimate of drug-likeness (QED) is 0.462. The van der Waals surface area contributed by atoms with Gasteiger partial charge in [0, 0.05) is 29.9 Å². The van der Waals surface area contributed by atoms with Crippen molar-refractivity contribution in [2.45, 2.75) is 128 Å². The highest BCUT2D eigenvalue weighted by molar-refractivity contribution is 5.22. The number of fused-ring (bicyclic) bond motifs is 6. The summed E-state index contributed by atoms with van der Waals surface area (Å²) in [5.41, 5.74) is 1.70. The summed E-state index contributed by atoms with van der Waals surface area (Å²) in [7, 11) is 0. The molecule has 0 aromatic rings. The van der Waals surface area contributed by atoms with Gasteiger partial charge >= 0.3 is 0 Å². The summed E-state index contributed by atoms with van der Waals surface area (Å²) in [6.07, 6.45) is 27.7. The highest BCUT2D eigenvalue weighted by atomic mass is 15.2. The second-order valence-corrected chi connectivity index (χ2v) is 13.9. The van der Waals surface area contributed by atoms with Crippen LogP contribution in [-0.2, 0) is 0 Å². The highest BCUT2D eigenvalue weighted by Crippen LogP contribution is 2.58. The van der Waals surface area contributed by atoms with Crippen LogP contribution in [0.25, 0.3) is 0 Å². The molecule has 0 aromatic carbocycles. The Hall–Kier alpha value is -0.760. The van der Waals surface area contributed by atoms with Crippen LogP contribution in [-0.4, -0.2) is 29.1 Å². The molecule has 2 saturated heterocycles. The van der Waals surface area contributed by atoms with E-state index in [9.17, 15) is 0 Å². The average Bonchev–Trinajstić information content (AvgIpc) is 3.41. The molecule has 0 spiro atoms. The van der Waals surface area contributed by atoms with Gasteiger partial charge in [-0.15, -0.1) is 0 Å². The van der Waals surface area contributed by atoms with Crippen molar-refractivity contribution in [1.82, 2.24) is 10.2 Å². The Kier molecular flexibility index (Phi) is 5.92. The summed E-state index contributed by atoms with van der Waals surface area (Å²) in [5, 5.41) is 4.16. The predicted molar refractivity (Wildman–Crippen MR) is 141 cm³/mol. The first-order valence-electron chi connectivity index (χ1n) is 15.6. The van der Waals surface area contributed by atoms with Gasteiger partial charge in [-0.3, -0.25) is 0 Å². The van der Waals surface area contributed by atoms with Crippen LogP contribution in [0.4, 0.5) is 0 Å². The number of nitrogens with zero attached hydrogens (tertiary/aromatic N) is 1. The van der Waals surface area contributed by atoms with E-state index < -0.39 is 0 Å². The van der Waals surface area contributed by atoms with Gasteiger partial charge in [0.05, 0.1) is 0 Å². The van der Waals surface area contributed by atoms with Gasteiger partial charge in [-0.1, -0.05) is 51.7 Å². The Morgan fingerprint density at radius 2 is 1.68 bits per heavy atom. The topological polar surface area (TPSA) is 15.3 Å². The van der Waals surface area contributed by atoms with Crippen molar-refractivity contribution >= 4 is 0 Å². The number of hydrogen-bond acceptors (Lipinski definition) is 2. The SMILES string of the molecule is CC1CCCC2NC3CCC(C4CCC5C(C4C)C4CCCCC4N5C4=CC=CCC4)CC3C12. The summed E-state index contributed by atoms with van der Waals surface area (Å²) in [6.45, 7) is 5.32. The first-order chi connectivity index (χ1) is 16.7. The van der Waals surface area contributed by atoms with Gasteiger partial charge in [0.2, 0.25) is 0 Å². The fraction of sp³-hybridized carbons (Fsp3) is 0.875. The van der Waals surface area contributed by atoms with Gasteiger partial charge in [0.15, 0.2) is 0 Å². The largest absolute Gasteiger partial charge is 0.368 e. The lowest BCUT2D eigenvalue weighted by Crippen LogP contribution is -2.45. The van der Waals surface area contributed by atoms with Gasteiger partial charge < -0.3 is 10.2 Å². The van der Waals surface area contributed by atoms with E-state index in [4.69, 9.17) is 0 Å². The van der Waals surface area contributed by atoms with E-state index in [2.05, 4.69) is 42.3 Å². The molecule has 2 heterocycles. The first-order valence-corrected chi connectivity index (χ1v) is 15.6. The third-order valence-electron chi connectivity index (χ3n) is 12.6. The third-order valence-corrected chi connectivity index (χ3v) is 12.6. The molecule has 1 N–H and O–H groups in total. The molecule has 188 valence electrons. The summed E-state index contributed by atoms with van der Waals surface area (Å²) in [6, 6.07) is 3.43. The van der Waals surface area contributed by atoms with E-state index >= 15 is 0 Å². The molecule has 0 aromatic heterocycles. The van der Waals surface area contributed by atoms with E-state index in [1.54, 1.807) is 12.1 Å². The second-order valence-electron chi connectivity index (χ2n) is 13.9. The van der Waals surface area contributed by atoms with Crippen LogP contribution in [0.1, 0.15) is 104 Å². The van der Waals surface area contributed by atoms with E-state index in [1.807, 2.05) is 0 Å². The predicted octanol–water partition coefficient (Wildman–Crippen LogP) is 7.32. The van der Waals surface area contributed by atoms with Crippen molar-refractivity contribution < 1.29 is 0 Å². The van der Waals surface area contributed by atoms with Crippen molar-refractivity contribution in [3.63, 3.8) is 0 Å². The van der Waals surface area contributed by atoms with Crippen molar-refractivity contribution in [2.75, 3.05) is 0 Å². The Morgan fingerprint density at radius 3 is 2.56 bits per heavy atom. The molecule has 0 radical (unpaired) electrons. The van der Waals surface area contributed by atoms with Gasteiger partial charge in [-0.05, 0) is 118 Å². The minimum Gasteiger partial charge on any atom is -0.368 e. The Bertz CT molecular complexity index is 814. The minimum absolute atomic E-state index is 0.851. The van der Waals surface area contributed by atoms with Gasteiger partial charge in [-0.2, -0.15) is 0 Å². The average molecular weight is 463 g/mol. The Morgan fingerprint density at radius 1 is 0.765 bits per heavy atom. The van der Waals surface area contributed by atoms with E-state index in [0.717, 1.165) is 71.5 Å². The van der Waals surface area contributed by atoms with E-state index in [0.29, 0.717) is 0 Å². The van der Waals surface area contributed by atoms with E-state index in [1.165, 1.54) is 83.5 Å². The van der Waals surface area contributed by atoms with Crippen LogP contribution < -0.4 is 5.32 Å². The molecule has 2 aliphatic heterocycles. The smallest absolute Gasteiger partial charge is 0.0324 e. The van der Waals surface area contributed by atoms with Crippen LogP contribution in [0.15, 0.2) is 23.9 Å². The van der Waals surface area contributed by atoms with Crippen molar-refractivity contribution in [2.24, 2.45) is 47.3 Å². The highest BCUT2D eigenvalue weighted by Gasteiger charge is 2.56. The number of likely N-dealkylation sites (tertiary alicyclic amines) is 1.